The molecular formula is C16H16BrClN2O4. The number of aryl methyl sites for hydroxylation is 1. The van der Waals surface area contributed by atoms with Gasteiger partial charge >= 0.3 is 12.1 Å². The van der Waals surface area contributed by atoms with E-state index in [0.29, 0.717) is 34.4 Å². The summed E-state index contributed by atoms with van der Waals surface area (Å²) in [4.78, 5) is 25.0. The van der Waals surface area contributed by atoms with Gasteiger partial charge in [0.25, 0.3) is 0 Å². The number of halogens is 2. The third-order valence-corrected chi connectivity index (χ3v) is 5.85. The molecular weight excluding hydrogens is 400 g/mol. The second kappa shape index (κ2) is 6.04. The van der Waals surface area contributed by atoms with E-state index >= 15 is 0 Å². The molecule has 0 saturated carbocycles. The van der Waals surface area contributed by atoms with Crippen LogP contribution in [0.3, 0.4) is 0 Å². The summed E-state index contributed by atoms with van der Waals surface area (Å²) in [6.45, 7) is 2.23. The number of carboxylic acid groups (broad SMARTS) is 1. The first-order chi connectivity index (χ1) is 11.2. The number of hydrogen-bond donors (Lipinski definition) is 2. The first-order valence-electron chi connectivity index (χ1n) is 7.50. The van der Waals surface area contributed by atoms with Gasteiger partial charge in [0, 0.05) is 11.0 Å². The Morgan fingerprint density at radius 2 is 2.25 bits per heavy atom. The van der Waals surface area contributed by atoms with E-state index in [-0.39, 0.29) is 12.3 Å². The maximum atomic E-state index is 12.5. The minimum atomic E-state index is -1.16. The fourth-order valence-electron chi connectivity index (χ4n) is 3.43. The van der Waals surface area contributed by atoms with Crippen LogP contribution in [0.15, 0.2) is 16.6 Å². The van der Waals surface area contributed by atoms with Crippen molar-refractivity contribution in [1.82, 2.24) is 4.90 Å². The fourth-order valence-corrected chi connectivity index (χ4v) is 4.06. The third-order valence-electron chi connectivity index (χ3n) is 4.66. The summed E-state index contributed by atoms with van der Waals surface area (Å²) in [7, 11) is 0. The lowest BCUT2D eigenvalue weighted by atomic mass is 9.81. The summed E-state index contributed by atoms with van der Waals surface area (Å²) in [5.74, 6) is -1.36. The summed E-state index contributed by atoms with van der Waals surface area (Å²) in [5, 5.41) is 18.2. The van der Waals surface area contributed by atoms with Crippen molar-refractivity contribution in [2.24, 2.45) is 0 Å². The number of rotatable bonds is 1. The van der Waals surface area contributed by atoms with Gasteiger partial charge in [-0.3, -0.25) is 4.79 Å². The zero-order chi connectivity index (χ0) is 17.6. The molecule has 24 heavy (non-hydrogen) atoms. The molecule has 128 valence electrons. The smallest absolute Gasteiger partial charge is 0.407 e. The van der Waals surface area contributed by atoms with Crippen LogP contribution in [0.25, 0.3) is 0 Å². The highest BCUT2D eigenvalue weighted by Crippen LogP contribution is 2.42. The molecule has 2 saturated heterocycles. The molecule has 2 atom stereocenters. The van der Waals surface area contributed by atoms with Gasteiger partial charge in [0.05, 0.1) is 17.3 Å². The number of esters is 1. The largest absolute Gasteiger partial charge is 0.465 e. The van der Waals surface area contributed by atoms with Gasteiger partial charge in [-0.25, -0.2) is 4.79 Å². The van der Waals surface area contributed by atoms with Crippen molar-refractivity contribution in [3.05, 3.63) is 32.8 Å². The Labute approximate surface area is 152 Å². The number of ether oxygens (including phenoxy) is 1. The van der Waals surface area contributed by atoms with Crippen LogP contribution in [0.5, 0.6) is 0 Å². The zero-order valence-electron chi connectivity index (χ0n) is 12.9. The lowest BCUT2D eigenvalue weighted by Crippen LogP contribution is -2.53. The third kappa shape index (κ3) is 2.69. The molecule has 0 aliphatic carbocycles. The Hall–Kier alpha value is -1.60. The van der Waals surface area contributed by atoms with E-state index in [4.69, 9.17) is 21.7 Å². The van der Waals surface area contributed by atoms with Crippen molar-refractivity contribution in [2.45, 2.75) is 31.3 Å². The molecule has 1 spiro atoms. The molecule has 0 bridgehead atoms. The number of piperidine rings is 1. The van der Waals surface area contributed by atoms with Crippen LogP contribution in [0.1, 0.15) is 29.9 Å². The van der Waals surface area contributed by atoms with E-state index < -0.39 is 23.6 Å². The summed E-state index contributed by atoms with van der Waals surface area (Å²) < 4.78 is 6.27. The highest BCUT2D eigenvalue weighted by Gasteiger charge is 2.55. The van der Waals surface area contributed by atoms with Gasteiger partial charge in [-0.05, 0) is 59.0 Å². The number of carbonyl (C=O) groups excluding carboxylic acids is 1. The summed E-state index contributed by atoms with van der Waals surface area (Å²) in [6, 6.07) is 3.46. The fraction of sp³-hybridized carbons (Fsp3) is 0.438. The Morgan fingerprint density at radius 3 is 2.92 bits per heavy atom. The number of hydrogen-bond acceptors (Lipinski definition) is 4. The molecule has 2 N–H and O–H groups in total. The van der Waals surface area contributed by atoms with Gasteiger partial charge in [-0.2, -0.15) is 0 Å². The molecule has 2 fully saturated rings. The maximum Gasteiger partial charge on any atom is 0.407 e. The molecule has 2 heterocycles. The number of benzene rings is 1. The predicted molar refractivity (Wildman–Crippen MR) is 92.0 cm³/mol. The van der Waals surface area contributed by atoms with Crippen LogP contribution in [0, 0.1) is 12.3 Å². The standard InChI is InChI=1S/C16H16BrClN2O4/c1-8-5-10(17)11(18)6-9(8)12-13(19)16(24-14(12)21)3-2-4-20(7-16)15(22)23/h5-6,12,19H,2-4,7H2,1H3,(H,22,23). The molecule has 6 nitrogen and oxygen atoms in total. The Morgan fingerprint density at radius 1 is 1.54 bits per heavy atom. The minimum absolute atomic E-state index is 0.00666. The normalized spacial score (nSPS) is 26.8. The first kappa shape index (κ1) is 17.2. The molecule has 1 aromatic carbocycles. The van der Waals surface area contributed by atoms with E-state index in [1.54, 1.807) is 12.1 Å². The molecule has 1 amide bonds. The van der Waals surface area contributed by atoms with Crippen LogP contribution in [-0.2, 0) is 9.53 Å². The Bertz CT molecular complexity index is 754. The molecule has 3 rings (SSSR count). The monoisotopic (exact) mass is 414 g/mol. The quantitative estimate of drug-likeness (QED) is 0.686. The van der Waals surface area contributed by atoms with E-state index in [2.05, 4.69) is 15.9 Å². The van der Waals surface area contributed by atoms with Crippen LogP contribution in [0.2, 0.25) is 5.02 Å². The average Bonchev–Trinajstić information content (AvgIpc) is 2.74. The maximum absolute atomic E-state index is 12.5. The molecule has 2 aliphatic rings. The second-order valence-corrected chi connectivity index (χ2v) is 7.45. The lowest BCUT2D eigenvalue weighted by molar-refractivity contribution is -0.150. The first-order valence-corrected chi connectivity index (χ1v) is 8.67. The van der Waals surface area contributed by atoms with Gasteiger partial charge in [0.15, 0.2) is 5.60 Å². The highest BCUT2D eigenvalue weighted by molar-refractivity contribution is 9.10. The summed E-state index contributed by atoms with van der Waals surface area (Å²) in [5.41, 5.74) is 0.396. The lowest BCUT2D eigenvalue weighted by Gasteiger charge is -2.37. The van der Waals surface area contributed by atoms with Crippen molar-refractivity contribution < 1.29 is 19.4 Å². The summed E-state index contributed by atoms with van der Waals surface area (Å²) in [6.07, 6.45) is -0.0557. The number of nitrogens with one attached hydrogen (secondary N) is 1. The predicted octanol–water partition coefficient (Wildman–Crippen LogP) is 3.58. The van der Waals surface area contributed by atoms with Crippen molar-refractivity contribution in [1.29, 1.82) is 5.41 Å². The SMILES string of the molecule is Cc1cc(Br)c(Cl)cc1C1C(=N)C2(CCCN(C(=O)O)C2)OC1=O. The molecule has 8 heteroatoms. The van der Waals surface area contributed by atoms with Crippen LogP contribution >= 0.6 is 27.5 Å². The van der Waals surface area contributed by atoms with Gasteiger partial charge < -0.3 is 20.2 Å². The van der Waals surface area contributed by atoms with E-state index in [1.165, 1.54) is 4.90 Å². The van der Waals surface area contributed by atoms with Crippen molar-refractivity contribution in [3.8, 4) is 0 Å². The van der Waals surface area contributed by atoms with E-state index in [9.17, 15) is 14.7 Å². The van der Waals surface area contributed by atoms with Crippen molar-refractivity contribution in [3.63, 3.8) is 0 Å². The number of likely N-dealkylation sites (tertiary alicyclic amines) is 1. The summed E-state index contributed by atoms with van der Waals surface area (Å²) >= 11 is 9.49. The minimum Gasteiger partial charge on any atom is -0.465 e. The topological polar surface area (TPSA) is 90.7 Å². The Balaban J connectivity index is 1.98. The van der Waals surface area contributed by atoms with Crippen LogP contribution in [0.4, 0.5) is 4.79 Å². The highest BCUT2D eigenvalue weighted by atomic mass is 79.9. The van der Waals surface area contributed by atoms with Gasteiger partial charge in [-0.15, -0.1) is 0 Å². The van der Waals surface area contributed by atoms with E-state index in [0.717, 1.165) is 5.56 Å². The Kier molecular flexibility index (Phi) is 4.34. The van der Waals surface area contributed by atoms with E-state index in [1.807, 2.05) is 6.92 Å². The zero-order valence-corrected chi connectivity index (χ0v) is 15.3. The molecule has 2 aliphatic heterocycles. The van der Waals surface area contributed by atoms with Gasteiger partial charge in [-0.1, -0.05) is 11.6 Å². The molecule has 0 radical (unpaired) electrons. The molecule has 0 aromatic heterocycles. The molecule has 1 aromatic rings. The number of amides is 1. The van der Waals surface area contributed by atoms with Crippen molar-refractivity contribution in [2.75, 3.05) is 13.1 Å². The second-order valence-electron chi connectivity index (χ2n) is 6.19. The van der Waals surface area contributed by atoms with Crippen molar-refractivity contribution >= 4 is 45.3 Å². The van der Waals surface area contributed by atoms with Gasteiger partial charge in [0.2, 0.25) is 0 Å². The van der Waals surface area contributed by atoms with Crippen LogP contribution < -0.4 is 0 Å². The number of carbonyl (C=O) groups is 2. The average molecular weight is 416 g/mol. The van der Waals surface area contributed by atoms with Crippen LogP contribution in [-0.4, -0.2) is 46.5 Å². The number of nitrogens with zero attached hydrogens (tertiary/aromatic N) is 1. The van der Waals surface area contributed by atoms with Gasteiger partial charge in [0.1, 0.15) is 5.92 Å². The molecule has 2 unspecified atom stereocenters.